The van der Waals surface area contributed by atoms with Crippen LogP contribution in [0.2, 0.25) is 0 Å². The minimum absolute atomic E-state index is 0. The molecule has 0 saturated carbocycles. The molecule has 0 bridgehead atoms. The van der Waals surface area contributed by atoms with Crippen LogP contribution in [-0.2, 0) is 10.1 Å². The summed E-state index contributed by atoms with van der Waals surface area (Å²) < 4.78 is 32.5. The Morgan fingerprint density at radius 1 is 1.07 bits per heavy atom. The molecule has 14 heavy (non-hydrogen) atoms. The molecule has 0 N–H and O–H groups in total. The first-order valence-corrected chi connectivity index (χ1v) is 5.27. The van der Waals surface area contributed by atoms with Crippen LogP contribution in [0.15, 0.2) is 17.0 Å². The SMILES string of the molecule is Cc1cc(C)c(S(=O)(=O)[O-])c(C)c1.[Li+]. The molecule has 0 radical (unpaired) electrons. The van der Waals surface area contributed by atoms with Crippen LogP contribution in [-0.4, -0.2) is 13.0 Å². The molecule has 1 aromatic rings. The minimum atomic E-state index is -4.33. The Morgan fingerprint density at radius 2 is 1.43 bits per heavy atom. The van der Waals surface area contributed by atoms with Crippen molar-refractivity contribution in [3.05, 3.63) is 28.8 Å². The molecule has 0 amide bonds. The van der Waals surface area contributed by atoms with Crippen molar-refractivity contribution in [2.24, 2.45) is 0 Å². The maximum absolute atomic E-state index is 10.8. The van der Waals surface area contributed by atoms with Crippen molar-refractivity contribution in [2.75, 3.05) is 0 Å². The standard InChI is InChI=1S/C9H12O3S.Li/c1-6-4-7(2)9(8(3)5-6)13(10,11)12;/h4-5H,1-3H3,(H,10,11,12);/q;+1/p-1. The van der Waals surface area contributed by atoms with Crippen LogP contribution in [0.3, 0.4) is 0 Å². The molecule has 0 heterocycles. The van der Waals surface area contributed by atoms with Gasteiger partial charge in [-0.05, 0) is 31.9 Å². The first-order valence-electron chi connectivity index (χ1n) is 3.86. The van der Waals surface area contributed by atoms with Crippen LogP contribution >= 0.6 is 0 Å². The van der Waals surface area contributed by atoms with Gasteiger partial charge in [-0.2, -0.15) is 0 Å². The Kier molecular flexibility index (Phi) is 4.41. The van der Waals surface area contributed by atoms with Gasteiger partial charge in [0.1, 0.15) is 10.1 Å². The van der Waals surface area contributed by atoms with Gasteiger partial charge >= 0.3 is 18.9 Å². The third kappa shape index (κ3) is 2.86. The number of aryl methyl sites for hydroxylation is 3. The first kappa shape index (κ1) is 13.7. The average Bonchev–Trinajstić information content (AvgIpc) is 1.78. The van der Waals surface area contributed by atoms with Gasteiger partial charge in [0.15, 0.2) is 0 Å². The summed E-state index contributed by atoms with van der Waals surface area (Å²) in [7, 11) is -4.33. The van der Waals surface area contributed by atoms with E-state index in [4.69, 9.17) is 0 Å². The van der Waals surface area contributed by atoms with E-state index in [1.54, 1.807) is 26.0 Å². The van der Waals surface area contributed by atoms with Crippen LogP contribution in [0.4, 0.5) is 0 Å². The van der Waals surface area contributed by atoms with Gasteiger partial charge < -0.3 is 4.55 Å². The zero-order chi connectivity index (χ0) is 10.2. The van der Waals surface area contributed by atoms with Crippen molar-refractivity contribution in [3.63, 3.8) is 0 Å². The normalized spacial score (nSPS) is 10.9. The van der Waals surface area contributed by atoms with Gasteiger partial charge in [0.05, 0.1) is 4.90 Å². The van der Waals surface area contributed by atoms with Gasteiger partial charge in [0.25, 0.3) is 0 Å². The Morgan fingerprint density at radius 3 is 1.71 bits per heavy atom. The smallest absolute Gasteiger partial charge is 0.744 e. The second kappa shape index (κ2) is 4.50. The van der Waals surface area contributed by atoms with E-state index in [1.807, 2.05) is 6.92 Å². The molecule has 0 saturated heterocycles. The van der Waals surface area contributed by atoms with E-state index in [-0.39, 0.29) is 23.8 Å². The molecule has 0 fully saturated rings. The Labute approximate surface area is 96.5 Å². The van der Waals surface area contributed by atoms with Crippen LogP contribution in [0, 0.1) is 20.8 Å². The molecule has 0 aliphatic rings. The van der Waals surface area contributed by atoms with Gasteiger partial charge in [0, 0.05) is 0 Å². The Bertz CT molecular complexity index is 414. The summed E-state index contributed by atoms with van der Waals surface area (Å²) in [6, 6.07) is 3.38. The van der Waals surface area contributed by atoms with Crippen molar-refractivity contribution in [2.45, 2.75) is 25.7 Å². The van der Waals surface area contributed by atoms with Crippen molar-refractivity contribution >= 4 is 10.1 Å². The zero-order valence-electron chi connectivity index (χ0n) is 8.79. The third-order valence-corrected chi connectivity index (χ3v) is 3.00. The summed E-state index contributed by atoms with van der Waals surface area (Å²) in [6.45, 7) is 5.12. The van der Waals surface area contributed by atoms with Gasteiger partial charge in [-0.1, -0.05) is 17.7 Å². The quantitative estimate of drug-likeness (QED) is 0.416. The van der Waals surface area contributed by atoms with Crippen LogP contribution in [0.1, 0.15) is 16.7 Å². The van der Waals surface area contributed by atoms with E-state index in [2.05, 4.69) is 0 Å². The van der Waals surface area contributed by atoms with E-state index >= 15 is 0 Å². The van der Waals surface area contributed by atoms with E-state index in [0.717, 1.165) is 5.56 Å². The molecular formula is C9H11LiO3S. The summed E-state index contributed by atoms with van der Waals surface area (Å²) in [5.41, 5.74) is 2.00. The molecule has 0 spiro atoms. The van der Waals surface area contributed by atoms with Gasteiger partial charge in [-0.25, -0.2) is 8.42 Å². The summed E-state index contributed by atoms with van der Waals surface area (Å²) in [5.74, 6) is 0. The van der Waals surface area contributed by atoms with E-state index in [9.17, 15) is 13.0 Å². The molecule has 0 aliphatic carbocycles. The number of hydrogen-bond acceptors (Lipinski definition) is 3. The Hall–Kier alpha value is -0.273. The van der Waals surface area contributed by atoms with Crippen molar-refractivity contribution in [1.82, 2.24) is 0 Å². The topological polar surface area (TPSA) is 57.2 Å². The van der Waals surface area contributed by atoms with Crippen molar-refractivity contribution in [1.29, 1.82) is 0 Å². The molecule has 3 nitrogen and oxygen atoms in total. The summed E-state index contributed by atoms with van der Waals surface area (Å²) in [5, 5.41) is 0. The van der Waals surface area contributed by atoms with Crippen LogP contribution in [0.25, 0.3) is 0 Å². The van der Waals surface area contributed by atoms with Gasteiger partial charge in [-0.3, -0.25) is 0 Å². The summed E-state index contributed by atoms with van der Waals surface area (Å²) >= 11 is 0. The number of benzene rings is 1. The Balaban J connectivity index is 0.00000169. The maximum Gasteiger partial charge on any atom is 1.00 e. The van der Waals surface area contributed by atoms with Crippen molar-refractivity contribution in [3.8, 4) is 0 Å². The largest absolute Gasteiger partial charge is 1.00 e. The van der Waals surface area contributed by atoms with Gasteiger partial charge in [0.2, 0.25) is 0 Å². The first-order chi connectivity index (χ1) is 5.82. The number of hydrogen-bond donors (Lipinski definition) is 0. The fourth-order valence-electron chi connectivity index (χ4n) is 1.56. The number of rotatable bonds is 1. The third-order valence-electron chi connectivity index (χ3n) is 1.85. The summed E-state index contributed by atoms with van der Waals surface area (Å²) in [4.78, 5) is -0.0851. The molecule has 1 aromatic carbocycles. The fraction of sp³-hybridized carbons (Fsp3) is 0.333. The predicted molar refractivity (Wildman–Crippen MR) is 48.6 cm³/mol. The van der Waals surface area contributed by atoms with E-state index < -0.39 is 10.1 Å². The molecule has 72 valence electrons. The molecular weight excluding hydrogens is 195 g/mol. The van der Waals surface area contributed by atoms with E-state index in [0.29, 0.717) is 11.1 Å². The second-order valence-corrected chi connectivity index (χ2v) is 4.50. The van der Waals surface area contributed by atoms with Crippen LogP contribution in [0.5, 0.6) is 0 Å². The molecule has 0 aliphatic heterocycles. The molecule has 1 rings (SSSR count). The maximum atomic E-state index is 10.8. The molecule has 0 atom stereocenters. The molecule has 5 heteroatoms. The van der Waals surface area contributed by atoms with Gasteiger partial charge in [-0.15, -0.1) is 0 Å². The minimum Gasteiger partial charge on any atom is -0.744 e. The molecule has 0 aromatic heterocycles. The summed E-state index contributed by atoms with van der Waals surface area (Å²) in [6.07, 6.45) is 0. The second-order valence-electron chi connectivity index (χ2n) is 3.18. The average molecular weight is 206 g/mol. The van der Waals surface area contributed by atoms with E-state index in [1.165, 1.54) is 0 Å². The fourth-order valence-corrected chi connectivity index (χ4v) is 2.47. The zero-order valence-corrected chi connectivity index (χ0v) is 9.60. The predicted octanol–water partition coefficient (Wildman–Crippen LogP) is -1.48. The monoisotopic (exact) mass is 206 g/mol. The van der Waals surface area contributed by atoms with Crippen LogP contribution < -0.4 is 18.9 Å². The van der Waals surface area contributed by atoms with Crippen molar-refractivity contribution < 1.29 is 31.8 Å². The molecule has 0 unspecified atom stereocenters.